The summed E-state index contributed by atoms with van der Waals surface area (Å²) < 4.78 is 23.0. The summed E-state index contributed by atoms with van der Waals surface area (Å²) in [6, 6.07) is 10.6. The molecule has 0 heterocycles. The first-order valence-corrected chi connectivity index (χ1v) is 11.6. The van der Waals surface area contributed by atoms with Gasteiger partial charge in [0.05, 0.1) is 17.3 Å². The van der Waals surface area contributed by atoms with Gasteiger partial charge >= 0.3 is 0 Å². The van der Waals surface area contributed by atoms with Gasteiger partial charge in [-0.1, -0.05) is 44.2 Å². The maximum atomic E-state index is 11.9. The predicted octanol–water partition coefficient (Wildman–Crippen LogP) is 2.45. The molecular weight excluding hydrogens is 360 g/mol. The summed E-state index contributed by atoms with van der Waals surface area (Å²) in [4.78, 5) is 6.92. The second-order valence-corrected chi connectivity index (χ2v) is 9.91. The minimum atomic E-state index is -3.18. The molecule has 0 aliphatic carbocycles. The lowest BCUT2D eigenvalue weighted by Gasteiger charge is -2.31. The fraction of sp³-hybridized carbons (Fsp3) is 0.650. The summed E-state index contributed by atoms with van der Waals surface area (Å²) in [5, 5.41) is 6.61. The van der Waals surface area contributed by atoms with Gasteiger partial charge in [-0.25, -0.2) is 8.42 Å². The zero-order valence-corrected chi connectivity index (χ0v) is 18.4. The quantitative estimate of drug-likeness (QED) is 0.469. The number of aliphatic imine (C=N–C) groups is 1. The highest BCUT2D eigenvalue weighted by Gasteiger charge is 2.30. The maximum absolute atomic E-state index is 11.9. The molecule has 1 unspecified atom stereocenters. The number of hydrogen-bond acceptors (Lipinski definition) is 4. The van der Waals surface area contributed by atoms with Crippen molar-refractivity contribution in [2.24, 2.45) is 4.99 Å². The van der Waals surface area contributed by atoms with Crippen LogP contribution < -0.4 is 10.6 Å². The van der Waals surface area contributed by atoms with E-state index in [0.29, 0.717) is 19.0 Å². The van der Waals surface area contributed by atoms with E-state index in [9.17, 15) is 8.42 Å². The zero-order valence-electron chi connectivity index (χ0n) is 17.6. The molecule has 0 saturated heterocycles. The molecule has 0 aliphatic rings. The highest BCUT2D eigenvalue weighted by Crippen LogP contribution is 2.19. The molecule has 1 aromatic carbocycles. The molecule has 0 aliphatic heterocycles. The number of hydrogen-bond donors (Lipinski definition) is 2. The van der Waals surface area contributed by atoms with E-state index in [2.05, 4.69) is 58.6 Å². The Hall–Kier alpha value is -1.60. The van der Waals surface area contributed by atoms with E-state index >= 15 is 0 Å². The molecule has 154 valence electrons. The summed E-state index contributed by atoms with van der Waals surface area (Å²) in [6.07, 6.45) is 1.26. The smallest absolute Gasteiger partial charge is 0.191 e. The van der Waals surface area contributed by atoms with Gasteiger partial charge < -0.3 is 10.6 Å². The van der Waals surface area contributed by atoms with E-state index in [1.165, 1.54) is 11.8 Å². The normalized spacial score (nSPS) is 14.3. The fourth-order valence-electron chi connectivity index (χ4n) is 2.72. The third-order valence-corrected chi connectivity index (χ3v) is 7.00. The SMILES string of the molecule is CCNC(=NCC(C)(C)S(C)(=O)=O)NCC(c1ccccc1)N(CC)CC. The molecule has 0 radical (unpaired) electrons. The molecule has 1 rings (SSSR count). The Morgan fingerprint density at radius 3 is 2.19 bits per heavy atom. The molecule has 6 nitrogen and oxygen atoms in total. The molecule has 0 fully saturated rings. The molecule has 7 heteroatoms. The van der Waals surface area contributed by atoms with Gasteiger partial charge in [-0.2, -0.15) is 0 Å². The van der Waals surface area contributed by atoms with E-state index in [1.54, 1.807) is 13.8 Å². The molecule has 27 heavy (non-hydrogen) atoms. The van der Waals surface area contributed by atoms with Crippen LogP contribution >= 0.6 is 0 Å². The van der Waals surface area contributed by atoms with E-state index in [1.807, 2.05) is 13.0 Å². The number of likely N-dealkylation sites (N-methyl/N-ethyl adjacent to an activating group) is 1. The number of nitrogens with one attached hydrogen (secondary N) is 2. The first-order valence-electron chi connectivity index (χ1n) is 9.67. The largest absolute Gasteiger partial charge is 0.357 e. The fourth-order valence-corrected chi connectivity index (χ4v) is 3.02. The van der Waals surface area contributed by atoms with Crippen molar-refractivity contribution in [2.45, 2.75) is 45.4 Å². The van der Waals surface area contributed by atoms with E-state index in [-0.39, 0.29) is 12.6 Å². The Labute approximate surface area is 165 Å². The third-order valence-electron chi connectivity index (χ3n) is 4.87. The molecule has 1 atom stereocenters. The second-order valence-electron chi connectivity index (χ2n) is 7.26. The lowest BCUT2D eigenvalue weighted by atomic mass is 10.1. The Morgan fingerprint density at radius 1 is 1.11 bits per heavy atom. The van der Waals surface area contributed by atoms with Crippen molar-refractivity contribution in [3.8, 4) is 0 Å². The Balaban J connectivity index is 2.95. The van der Waals surface area contributed by atoms with Crippen LogP contribution in [-0.4, -0.2) is 63.0 Å². The molecule has 0 spiro atoms. The van der Waals surface area contributed by atoms with E-state index in [4.69, 9.17) is 0 Å². The van der Waals surface area contributed by atoms with Crippen LogP contribution in [0.1, 0.15) is 46.2 Å². The van der Waals surface area contributed by atoms with Crippen molar-refractivity contribution in [3.63, 3.8) is 0 Å². The average Bonchev–Trinajstić information content (AvgIpc) is 2.62. The highest BCUT2D eigenvalue weighted by atomic mass is 32.2. The first kappa shape index (κ1) is 23.4. The highest BCUT2D eigenvalue weighted by molar-refractivity contribution is 7.92. The van der Waals surface area contributed by atoms with E-state index < -0.39 is 14.6 Å². The summed E-state index contributed by atoms with van der Waals surface area (Å²) >= 11 is 0. The second kappa shape index (κ2) is 10.7. The summed E-state index contributed by atoms with van der Waals surface area (Å²) in [5.41, 5.74) is 1.25. The van der Waals surface area contributed by atoms with Crippen LogP contribution in [0.3, 0.4) is 0 Å². The first-order chi connectivity index (χ1) is 12.7. The summed E-state index contributed by atoms with van der Waals surface area (Å²) in [7, 11) is -3.18. The van der Waals surface area contributed by atoms with Crippen LogP contribution in [0, 0.1) is 0 Å². The number of nitrogens with zero attached hydrogens (tertiary/aromatic N) is 2. The lowest BCUT2D eigenvalue weighted by Crippen LogP contribution is -2.44. The van der Waals surface area contributed by atoms with Crippen molar-refractivity contribution in [3.05, 3.63) is 35.9 Å². The van der Waals surface area contributed by atoms with Gasteiger partial charge in [0, 0.05) is 19.3 Å². The maximum Gasteiger partial charge on any atom is 0.191 e. The Morgan fingerprint density at radius 2 is 1.70 bits per heavy atom. The van der Waals surface area contributed by atoms with Gasteiger partial charge in [-0.05, 0) is 39.4 Å². The molecule has 0 amide bonds. The van der Waals surface area contributed by atoms with Gasteiger partial charge in [0.2, 0.25) is 0 Å². The summed E-state index contributed by atoms with van der Waals surface area (Å²) in [5.74, 6) is 0.641. The number of rotatable bonds is 10. The predicted molar refractivity (Wildman–Crippen MR) is 115 cm³/mol. The number of benzene rings is 1. The van der Waals surface area contributed by atoms with Gasteiger partial charge in [-0.15, -0.1) is 0 Å². The third kappa shape index (κ3) is 7.14. The van der Waals surface area contributed by atoms with Crippen molar-refractivity contribution >= 4 is 15.8 Å². The minimum absolute atomic E-state index is 0.211. The van der Waals surface area contributed by atoms with Gasteiger partial charge in [0.15, 0.2) is 15.8 Å². The van der Waals surface area contributed by atoms with Gasteiger partial charge in [0.1, 0.15) is 0 Å². The van der Waals surface area contributed by atoms with Crippen LogP contribution in [0.4, 0.5) is 0 Å². The number of sulfone groups is 1. The standard InChI is InChI=1S/C20H36N4O2S/c1-7-21-19(23-16-20(4,5)27(6,25)26)22-15-18(24(8-2)9-3)17-13-11-10-12-14-17/h10-14,18H,7-9,15-16H2,1-6H3,(H2,21,22,23). The van der Waals surface area contributed by atoms with Crippen LogP contribution in [-0.2, 0) is 9.84 Å². The minimum Gasteiger partial charge on any atom is -0.357 e. The van der Waals surface area contributed by atoms with Crippen LogP contribution in [0.5, 0.6) is 0 Å². The van der Waals surface area contributed by atoms with Crippen molar-refractivity contribution < 1.29 is 8.42 Å². The zero-order chi connectivity index (χ0) is 20.5. The molecule has 0 bridgehead atoms. The molecule has 0 saturated carbocycles. The van der Waals surface area contributed by atoms with Crippen molar-refractivity contribution in [1.29, 1.82) is 0 Å². The topological polar surface area (TPSA) is 73.8 Å². The van der Waals surface area contributed by atoms with E-state index in [0.717, 1.165) is 13.1 Å². The summed E-state index contributed by atoms with van der Waals surface area (Å²) in [6.45, 7) is 13.2. The van der Waals surface area contributed by atoms with Crippen molar-refractivity contribution in [1.82, 2.24) is 15.5 Å². The van der Waals surface area contributed by atoms with Gasteiger partial charge in [-0.3, -0.25) is 9.89 Å². The molecule has 0 aromatic heterocycles. The molecular formula is C20H36N4O2S. The monoisotopic (exact) mass is 396 g/mol. The van der Waals surface area contributed by atoms with Crippen molar-refractivity contribution in [2.75, 3.05) is 39.0 Å². The number of guanidine groups is 1. The van der Waals surface area contributed by atoms with Crippen LogP contribution in [0.25, 0.3) is 0 Å². The molecule has 1 aromatic rings. The van der Waals surface area contributed by atoms with Crippen LogP contribution in [0.15, 0.2) is 35.3 Å². The van der Waals surface area contributed by atoms with Gasteiger partial charge in [0.25, 0.3) is 0 Å². The lowest BCUT2D eigenvalue weighted by molar-refractivity contribution is 0.219. The Bertz CT molecular complexity index is 683. The average molecular weight is 397 g/mol. The Kier molecular flexibility index (Phi) is 9.26. The molecule has 2 N–H and O–H groups in total. The van der Waals surface area contributed by atoms with Crippen LogP contribution in [0.2, 0.25) is 0 Å².